The molecule has 0 aromatic heterocycles. The van der Waals surface area contributed by atoms with E-state index >= 15 is 0 Å². The van der Waals surface area contributed by atoms with E-state index in [4.69, 9.17) is 4.74 Å². The zero-order valence-corrected chi connectivity index (χ0v) is 20.2. The van der Waals surface area contributed by atoms with Gasteiger partial charge in [0.05, 0.1) is 10.6 Å². The average Bonchev–Trinajstić information content (AvgIpc) is 3.21. The average molecular weight is 471 g/mol. The first kappa shape index (κ1) is 24.5. The molecule has 8 heteroatoms. The number of carbonyl (C=O) groups is 2. The maximum absolute atomic E-state index is 13.1. The number of sulfonamides is 1. The van der Waals surface area contributed by atoms with Crippen LogP contribution in [0.4, 0.5) is 5.69 Å². The molecule has 1 aliphatic rings. The van der Waals surface area contributed by atoms with Crippen LogP contribution in [0.25, 0.3) is 6.08 Å². The molecule has 1 aliphatic heterocycles. The Bertz CT molecular complexity index is 1130. The van der Waals surface area contributed by atoms with Crippen molar-refractivity contribution in [1.82, 2.24) is 4.90 Å². The number of carbonyl (C=O) groups excluding carboxylic acids is 2. The number of hydrogen-bond acceptors (Lipinski definition) is 5. The Morgan fingerprint density at radius 3 is 2.30 bits per heavy atom. The number of fused-ring (bicyclic) bond motifs is 1. The largest absolute Gasteiger partial charge is 0.452 e. The Morgan fingerprint density at radius 2 is 1.67 bits per heavy atom. The third kappa shape index (κ3) is 5.63. The lowest BCUT2D eigenvalue weighted by Crippen LogP contribution is -2.44. The Hall–Kier alpha value is -3.13. The van der Waals surface area contributed by atoms with Crippen molar-refractivity contribution < 1.29 is 22.7 Å². The highest BCUT2D eigenvalue weighted by Gasteiger charge is 2.30. The third-order valence-corrected chi connectivity index (χ3v) is 7.29. The van der Waals surface area contributed by atoms with Gasteiger partial charge in [0.1, 0.15) is 0 Å². The summed E-state index contributed by atoms with van der Waals surface area (Å²) < 4.78 is 32.6. The molecular weight excluding hydrogens is 440 g/mol. The van der Waals surface area contributed by atoms with Crippen LogP contribution in [0.2, 0.25) is 0 Å². The number of anilines is 1. The highest BCUT2D eigenvalue weighted by atomic mass is 32.2. The van der Waals surface area contributed by atoms with Crippen LogP contribution in [-0.4, -0.2) is 50.4 Å². The van der Waals surface area contributed by atoms with Crippen LogP contribution in [0.3, 0.4) is 0 Å². The molecule has 0 bridgehead atoms. The summed E-state index contributed by atoms with van der Waals surface area (Å²) in [4.78, 5) is 26.2. The van der Waals surface area contributed by atoms with Gasteiger partial charge in [0.25, 0.3) is 15.9 Å². The van der Waals surface area contributed by atoms with Crippen molar-refractivity contribution >= 4 is 33.7 Å². The van der Waals surface area contributed by atoms with E-state index in [1.165, 1.54) is 28.6 Å². The Labute approximate surface area is 195 Å². The smallest absolute Gasteiger partial charge is 0.331 e. The molecule has 0 unspecified atom stereocenters. The highest BCUT2D eigenvalue weighted by molar-refractivity contribution is 7.92. The van der Waals surface area contributed by atoms with Gasteiger partial charge in [-0.25, -0.2) is 13.2 Å². The van der Waals surface area contributed by atoms with Crippen LogP contribution in [0.5, 0.6) is 0 Å². The summed E-state index contributed by atoms with van der Waals surface area (Å²) in [6.45, 7) is 7.73. The maximum Gasteiger partial charge on any atom is 0.331 e. The van der Waals surface area contributed by atoms with Crippen LogP contribution in [-0.2, 0) is 30.8 Å². The molecule has 0 radical (unpaired) electrons. The van der Waals surface area contributed by atoms with E-state index in [0.717, 1.165) is 5.56 Å². The fraction of sp³-hybridized carbons (Fsp3) is 0.360. The quantitative estimate of drug-likeness (QED) is 0.434. The number of nitrogens with zero attached hydrogens (tertiary/aromatic N) is 2. The fourth-order valence-corrected chi connectivity index (χ4v) is 5.53. The van der Waals surface area contributed by atoms with Crippen molar-refractivity contribution in [2.75, 3.05) is 17.5 Å². The van der Waals surface area contributed by atoms with Crippen LogP contribution >= 0.6 is 0 Å². The van der Waals surface area contributed by atoms with Crippen molar-refractivity contribution in [3.8, 4) is 0 Å². The molecule has 1 heterocycles. The molecule has 2 aromatic carbocycles. The zero-order chi connectivity index (χ0) is 24.2. The Kier molecular flexibility index (Phi) is 7.58. The fourth-order valence-electron chi connectivity index (χ4n) is 4.03. The van der Waals surface area contributed by atoms with Gasteiger partial charge in [0.2, 0.25) is 0 Å². The number of rotatable bonds is 8. The van der Waals surface area contributed by atoms with Crippen molar-refractivity contribution in [3.05, 3.63) is 65.7 Å². The molecule has 0 saturated carbocycles. The van der Waals surface area contributed by atoms with Gasteiger partial charge >= 0.3 is 5.97 Å². The molecule has 0 atom stereocenters. The van der Waals surface area contributed by atoms with E-state index in [2.05, 4.69) is 0 Å². The lowest BCUT2D eigenvalue weighted by atomic mass is 10.2. The number of amides is 1. The van der Waals surface area contributed by atoms with Gasteiger partial charge in [-0.3, -0.25) is 9.10 Å². The van der Waals surface area contributed by atoms with E-state index in [-0.39, 0.29) is 29.5 Å². The first-order valence-corrected chi connectivity index (χ1v) is 12.4. The van der Waals surface area contributed by atoms with Crippen LogP contribution in [0.1, 0.15) is 38.8 Å². The number of esters is 1. The van der Waals surface area contributed by atoms with Gasteiger partial charge in [0, 0.05) is 24.7 Å². The van der Waals surface area contributed by atoms with E-state index in [9.17, 15) is 18.0 Å². The second-order valence-electron chi connectivity index (χ2n) is 8.45. The highest BCUT2D eigenvalue weighted by Crippen LogP contribution is 2.32. The van der Waals surface area contributed by atoms with Crippen LogP contribution < -0.4 is 4.31 Å². The van der Waals surface area contributed by atoms with Gasteiger partial charge in [-0.1, -0.05) is 30.3 Å². The lowest BCUT2D eigenvalue weighted by molar-refractivity contribution is -0.150. The first-order chi connectivity index (χ1) is 15.6. The zero-order valence-electron chi connectivity index (χ0n) is 19.4. The summed E-state index contributed by atoms with van der Waals surface area (Å²) in [5, 5.41) is 0. The normalized spacial score (nSPS) is 13.6. The number of para-hydroxylation sites is 1. The number of hydrogen-bond donors (Lipinski definition) is 0. The lowest BCUT2D eigenvalue weighted by Gasteiger charge is -2.30. The minimum atomic E-state index is -3.67. The summed E-state index contributed by atoms with van der Waals surface area (Å²) in [5.41, 5.74) is 2.37. The van der Waals surface area contributed by atoms with Gasteiger partial charge in [-0.15, -0.1) is 0 Å². The van der Waals surface area contributed by atoms with E-state index in [1.807, 2.05) is 52.0 Å². The summed E-state index contributed by atoms with van der Waals surface area (Å²) >= 11 is 0. The predicted molar refractivity (Wildman–Crippen MR) is 128 cm³/mol. The molecule has 0 fully saturated rings. The van der Waals surface area contributed by atoms with Gasteiger partial charge in [-0.2, -0.15) is 0 Å². The SMILES string of the molecule is CC(C)N(C(=O)COC(=O)/C=C/c1ccc(S(=O)(=O)N2CCc3ccccc32)cc1)C(C)C. The van der Waals surface area contributed by atoms with E-state index in [1.54, 1.807) is 17.0 Å². The molecule has 7 nitrogen and oxygen atoms in total. The van der Waals surface area contributed by atoms with Gasteiger partial charge in [0.15, 0.2) is 6.61 Å². The van der Waals surface area contributed by atoms with Crippen LogP contribution in [0.15, 0.2) is 59.5 Å². The molecule has 0 spiro atoms. The van der Waals surface area contributed by atoms with Crippen LogP contribution in [0, 0.1) is 0 Å². The molecule has 0 N–H and O–H groups in total. The Balaban J connectivity index is 1.61. The van der Waals surface area contributed by atoms with Crippen molar-refractivity contribution in [2.24, 2.45) is 0 Å². The maximum atomic E-state index is 13.1. The minimum absolute atomic E-state index is 0.00979. The Morgan fingerprint density at radius 1 is 1.03 bits per heavy atom. The molecular formula is C25H30N2O5S. The molecule has 176 valence electrons. The minimum Gasteiger partial charge on any atom is -0.452 e. The summed E-state index contributed by atoms with van der Waals surface area (Å²) in [7, 11) is -3.67. The van der Waals surface area contributed by atoms with Crippen molar-refractivity contribution in [1.29, 1.82) is 0 Å². The topological polar surface area (TPSA) is 84.0 Å². The van der Waals surface area contributed by atoms with E-state index < -0.39 is 16.0 Å². The summed E-state index contributed by atoms with van der Waals surface area (Å²) in [6.07, 6.45) is 3.44. The second kappa shape index (κ2) is 10.2. The number of ether oxygens (including phenoxy) is 1. The predicted octanol–water partition coefficient (Wildman–Crippen LogP) is 3.64. The second-order valence-corrected chi connectivity index (χ2v) is 10.3. The third-order valence-electron chi connectivity index (χ3n) is 5.46. The monoisotopic (exact) mass is 470 g/mol. The molecule has 0 saturated heterocycles. The molecule has 3 rings (SSSR count). The number of benzene rings is 2. The van der Waals surface area contributed by atoms with Crippen molar-refractivity contribution in [2.45, 2.75) is 51.1 Å². The van der Waals surface area contributed by atoms with Gasteiger partial charge < -0.3 is 9.64 Å². The summed E-state index contributed by atoms with van der Waals surface area (Å²) in [5.74, 6) is -0.888. The van der Waals surface area contributed by atoms with Crippen molar-refractivity contribution in [3.63, 3.8) is 0 Å². The molecule has 2 aromatic rings. The first-order valence-electron chi connectivity index (χ1n) is 11.0. The molecule has 0 aliphatic carbocycles. The summed E-state index contributed by atoms with van der Waals surface area (Å²) in [6, 6.07) is 13.8. The standard InChI is InChI=1S/C25H30N2O5S/c1-18(2)27(19(3)4)24(28)17-32-25(29)14-11-20-9-12-22(13-10-20)33(30,31)26-16-15-21-7-5-6-8-23(21)26/h5-14,18-19H,15-17H2,1-4H3/b14-11+. The molecule has 33 heavy (non-hydrogen) atoms. The van der Waals surface area contributed by atoms with E-state index in [0.29, 0.717) is 24.2 Å². The van der Waals surface area contributed by atoms with Gasteiger partial charge in [-0.05, 0) is 69.5 Å². The molecule has 1 amide bonds.